The van der Waals surface area contributed by atoms with Crippen molar-refractivity contribution >= 4 is 17.7 Å². The zero-order valence-corrected chi connectivity index (χ0v) is 8.07. The molecule has 15 heavy (non-hydrogen) atoms. The Morgan fingerprint density at radius 2 is 1.93 bits per heavy atom. The number of ether oxygens (including phenoxy) is 2. The number of carbonyl (C=O) groups excluding carboxylic acids is 3. The maximum Gasteiger partial charge on any atom is 0.358 e. The third kappa shape index (κ3) is 1.76. The first kappa shape index (κ1) is 11.0. The normalized spacial score (nSPS) is 19.9. The molecular formula is C8H9NO6. The fourth-order valence-corrected chi connectivity index (χ4v) is 1.08. The molecule has 82 valence electrons. The molecule has 0 saturated carbocycles. The Morgan fingerprint density at radius 1 is 1.33 bits per heavy atom. The van der Waals surface area contributed by atoms with E-state index in [-0.39, 0.29) is 0 Å². The van der Waals surface area contributed by atoms with Crippen molar-refractivity contribution in [2.24, 2.45) is 0 Å². The highest BCUT2D eigenvalue weighted by atomic mass is 16.5. The van der Waals surface area contributed by atoms with E-state index >= 15 is 0 Å². The predicted octanol–water partition coefficient (Wildman–Crippen LogP) is -1.36. The number of Topliss-reactive ketones (excluding diaryl/α,β-unsaturated/α-hetero) is 1. The van der Waals surface area contributed by atoms with Crippen molar-refractivity contribution in [1.29, 1.82) is 0 Å². The number of aliphatic hydroxyl groups excluding tert-OH is 1. The van der Waals surface area contributed by atoms with E-state index in [1.807, 2.05) is 0 Å². The Labute approximate surface area is 84.7 Å². The lowest BCUT2D eigenvalue weighted by atomic mass is 10.2. The monoisotopic (exact) mass is 215 g/mol. The molecule has 0 amide bonds. The fraction of sp³-hybridized carbons (Fsp3) is 0.375. The summed E-state index contributed by atoms with van der Waals surface area (Å²) in [6, 6.07) is -1.39. The number of hydrogen-bond donors (Lipinski definition) is 2. The van der Waals surface area contributed by atoms with E-state index in [9.17, 15) is 19.5 Å². The summed E-state index contributed by atoms with van der Waals surface area (Å²) in [4.78, 5) is 33.3. The summed E-state index contributed by atoms with van der Waals surface area (Å²) < 4.78 is 8.59. The van der Waals surface area contributed by atoms with E-state index in [0.29, 0.717) is 0 Å². The molecule has 0 aromatic carbocycles. The summed E-state index contributed by atoms with van der Waals surface area (Å²) in [5.74, 6) is -3.54. The topological polar surface area (TPSA) is 102 Å². The van der Waals surface area contributed by atoms with E-state index in [1.54, 1.807) is 0 Å². The van der Waals surface area contributed by atoms with Gasteiger partial charge in [-0.2, -0.15) is 0 Å². The highest BCUT2D eigenvalue weighted by Gasteiger charge is 2.41. The number of methoxy groups -OCH3 is 2. The summed E-state index contributed by atoms with van der Waals surface area (Å²) in [7, 11) is 2.17. The third-order valence-corrected chi connectivity index (χ3v) is 1.85. The Bertz CT molecular complexity index is 358. The van der Waals surface area contributed by atoms with Crippen molar-refractivity contribution in [3.05, 3.63) is 11.5 Å². The van der Waals surface area contributed by atoms with Crippen LogP contribution in [0.4, 0.5) is 0 Å². The van der Waals surface area contributed by atoms with Gasteiger partial charge in [0, 0.05) is 0 Å². The van der Waals surface area contributed by atoms with Gasteiger partial charge in [0.2, 0.25) is 5.78 Å². The van der Waals surface area contributed by atoms with Gasteiger partial charge < -0.3 is 19.9 Å². The van der Waals surface area contributed by atoms with Crippen LogP contribution in [-0.4, -0.2) is 43.1 Å². The molecule has 1 heterocycles. The van der Waals surface area contributed by atoms with Crippen molar-refractivity contribution < 1.29 is 29.0 Å². The van der Waals surface area contributed by atoms with Crippen LogP contribution < -0.4 is 5.32 Å². The maximum atomic E-state index is 11.3. The van der Waals surface area contributed by atoms with Crippen LogP contribution in [0.15, 0.2) is 11.5 Å². The number of esters is 2. The molecule has 0 radical (unpaired) electrons. The van der Waals surface area contributed by atoms with Crippen molar-refractivity contribution in [3.8, 4) is 0 Å². The molecular weight excluding hydrogens is 206 g/mol. The van der Waals surface area contributed by atoms with E-state index in [0.717, 1.165) is 14.2 Å². The lowest BCUT2D eigenvalue weighted by Gasteiger charge is -2.07. The first-order chi connectivity index (χ1) is 7.02. The Morgan fingerprint density at radius 3 is 2.40 bits per heavy atom. The molecule has 0 spiro atoms. The summed E-state index contributed by atoms with van der Waals surface area (Å²) in [6.45, 7) is 0. The minimum absolute atomic E-state index is 0.432. The maximum absolute atomic E-state index is 11.3. The van der Waals surface area contributed by atoms with Crippen LogP contribution in [0.25, 0.3) is 0 Å². The Balaban J connectivity index is 2.92. The van der Waals surface area contributed by atoms with Gasteiger partial charge in [-0.25, -0.2) is 9.59 Å². The zero-order valence-electron chi connectivity index (χ0n) is 8.07. The molecule has 0 aliphatic carbocycles. The first-order valence-corrected chi connectivity index (χ1v) is 3.93. The summed E-state index contributed by atoms with van der Waals surface area (Å²) in [6.07, 6.45) is 0. The van der Waals surface area contributed by atoms with Crippen molar-refractivity contribution in [2.45, 2.75) is 6.04 Å². The van der Waals surface area contributed by atoms with Crippen LogP contribution in [0.3, 0.4) is 0 Å². The molecule has 0 aromatic rings. The smallest absolute Gasteiger partial charge is 0.358 e. The number of hydrogen-bond acceptors (Lipinski definition) is 7. The zero-order chi connectivity index (χ0) is 11.6. The summed E-state index contributed by atoms with van der Waals surface area (Å²) in [5.41, 5.74) is -0.432. The lowest BCUT2D eigenvalue weighted by Crippen LogP contribution is -2.39. The van der Waals surface area contributed by atoms with Gasteiger partial charge in [-0.05, 0) is 0 Å². The number of aliphatic hydroxyl groups is 1. The third-order valence-electron chi connectivity index (χ3n) is 1.85. The fourth-order valence-electron chi connectivity index (χ4n) is 1.08. The average molecular weight is 215 g/mol. The number of ketones is 1. The van der Waals surface area contributed by atoms with Gasteiger partial charge >= 0.3 is 11.9 Å². The standard InChI is InChI=1S/C8H9NO6/c1-14-7(12)3-5(10)6(11)4(9-3)8(13)15-2/h3,9,11H,1-2H3. The molecule has 7 heteroatoms. The molecule has 1 atom stereocenters. The molecule has 1 aliphatic heterocycles. The Kier molecular flexibility index (Phi) is 2.93. The van der Waals surface area contributed by atoms with Gasteiger partial charge in [-0.3, -0.25) is 4.79 Å². The number of rotatable bonds is 2. The van der Waals surface area contributed by atoms with Gasteiger partial charge in [0.15, 0.2) is 17.5 Å². The SMILES string of the molecule is COC(=O)C1=C(O)C(=O)C(C(=O)OC)N1. The molecule has 0 fully saturated rings. The predicted molar refractivity (Wildman–Crippen MR) is 45.6 cm³/mol. The van der Waals surface area contributed by atoms with Crippen LogP contribution >= 0.6 is 0 Å². The van der Waals surface area contributed by atoms with Crippen LogP contribution in [0, 0.1) is 0 Å². The molecule has 1 rings (SSSR count). The molecule has 0 bridgehead atoms. The summed E-state index contributed by atoms with van der Waals surface area (Å²) >= 11 is 0. The van der Waals surface area contributed by atoms with E-state index in [1.165, 1.54) is 0 Å². The van der Waals surface area contributed by atoms with Gasteiger partial charge in [-0.15, -0.1) is 0 Å². The van der Waals surface area contributed by atoms with Crippen molar-refractivity contribution in [3.63, 3.8) is 0 Å². The second-order valence-electron chi connectivity index (χ2n) is 2.68. The first-order valence-electron chi connectivity index (χ1n) is 3.93. The van der Waals surface area contributed by atoms with Crippen LogP contribution in [0.2, 0.25) is 0 Å². The molecule has 0 aromatic heterocycles. The Hall–Kier alpha value is -2.05. The molecule has 0 saturated heterocycles. The van der Waals surface area contributed by atoms with E-state index in [4.69, 9.17) is 0 Å². The average Bonchev–Trinajstić information content (AvgIpc) is 2.54. The molecule has 2 N–H and O–H groups in total. The summed E-state index contributed by atoms with van der Waals surface area (Å²) in [5, 5.41) is 11.5. The number of nitrogens with one attached hydrogen (secondary N) is 1. The number of carbonyl (C=O) groups is 3. The molecule has 1 unspecified atom stereocenters. The van der Waals surface area contributed by atoms with Crippen LogP contribution in [-0.2, 0) is 23.9 Å². The van der Waals surface area contributed by atoms with Gasteiger partial charge in [0.25, 0.3) is 0 Å². The minimum Gasteiger partial charge on any atom is -0.503 e. The quantitative estimate of drug-likeness (QED) is 0.433. The minimum atomic E-state index is -1.39. The van der Waals surface area contributed by atoms with Gasteiger partial charge in [0.1, 0.15) is 0 Å². The second kappa shape index (κ2) is 3.99. The largest absolute Gasteiger partial charge is 0.503 e. The van der Waals surface area contributed by atoms with E-state index in [2.05, 4.69) is 14.8 Å². The highest BCUT2D eigenvalue weighted by molar-refractivity contribution is 6.16. The van der Waals surface area contributed by atoms with Crippen LogP contribution in [0.5, 0.6) is 0 Å². The molecule has 7 nitrogen and oxygen atoms in total. The van der Waals surface area contributed by atoms with Crippen molar-refractivity contribution in [2.75, 3.05) is 14.2 Å². The van der Waals surface area contributed by atoms with Gasteiger partial charge in [0.05, 0.1) is 14.2 Å². The van der Waals surface area contributed by atoms with Crippen molar-refractivity contribution in [1.82, 2.24) is 5.32 Å². The van der Waals surface area contributed by atoms with E-state index < -0.39 is 35.2 Å². The van der Waals surface area contributed by atoms with Gasteiger partial charge in [-0.1, -0.05) is 0 Å². The lowest BCUT2D eigenvalue weighted by molar-refractivity contribution is -0.145. The molecule has 1 aliphatic rings. The van der Waals surface area contributed by atoms with Crippen LogP contribution in [0.1, 0.15) is 0 Å². The highest BCUT2D eigenvalue weighted by Crippen LogP contribution is 2.14. The second-order valence-corrected chi connectivity index (χ2v) is 2.68.